The van der Waals surface area contributed by atoms with Crippen LogP contribution < -0.4 is 0 Å². The number of rotatable bonds is 6. The summed E-state index contributed by atoms with van der Waals surface area (Å²) in [5.41, 5.74) is 2.56. The van der Waals surface area contributed by atoms with Gasteiger partial charge in [0.2, 0.25) is 5.88 Å². The van der Waals surface area contributed by atoms with Crippen LogP contribution in [0.2, 0.25) is 0 Å². The lowest BCUT2D eigenvalue weighted by atomic mass is 10.1. The fourth-order valence-electron chi connectivity index (χ4n) is 2.87. The second kappa shape index (κ2) is 6.56. The molecule has 6 nitrogen and oxygen atoms in total. The van der Waals surface area contributed by atoms with E-state index >= 15 is 0 Å². The summed E-state index contributed by atoms with van der Waals surface area (Å²) < 4.78 is 3.77. The number of aryl methyl sites for hydroxylation is 1. The van der Waals surface area contributed by atoms with Gasteiger partial charge in [-0.05, 0) is 25.0 Å². The van der Waals surface area contributed by atoms with Crippen molar-refractivity contribution < 1.29 is 10.2 Å². The predicted octanol–water partition coefficient (Wildman–Crippen LogP) is 2.81. The predicted molar refractivity (Wildman–Crippen MR) is 87.2 cm³/mol. The molecule has 0 bridgehead atoms. The van der Waals surface area contributed by atoms with Crippen LogP contribution in [0.4, 0.5) is 0 Å². The maximum absolute atomic E-state index is 10.3. The van der Waals surface area contributed by atoms with Crippen LogP contribution in [0, 0.1) is 0 Å². The Hall–Kier alpha value is -2.76. The standard InChI is InChI=1S/C17H20N4O2/c1-2-14-15(13-4-6-18-7-5-13)21(17(23)16(14)22)10-3-9-20-11-8-19-12-20/h4-8,11-12,22-23H,2-3,9-10H2,1H3. The van der Waals surface area contributed by atoms with Crippen molar-refractivity contribution in [3.05, 3.63) is 48.8 Å². The van der Waals surface area contributed by atoms with Crippen LogP contribution in [0.1, 0.15) is 18.9 Å². The van der Waals surface area contributed by atoms with Gasteiger partial charge in [0.05, 0.1) is 12.0 Å². The first-order chi connectivity index (χ1) is 11.2. The monoisotopic (exact) mass is 312 g/mol. The summed E-state index contributed by atoms with van der Waals surface area (Å²) in [4.78, 5) is 8.06. The maximum Gasteiger partial charge on any atom is 0.235 e. The van der Waals surface area contributed by atoms with Gasteiger partial charge in [-0.1, -0.05) is 6.92 Å². The first-order valence-corrected chi connectivity index (χ1v) is 7.71. The smallest absolute Gasteiger partial charge is 0.235 e. The molecule has 0 unspecified atom stereocenters. The SMILES string of the molecule is CCc1c(O)c(O)n(CCCn2ccnc2)c1-c1ccncc1. The van der Waals surface area contributed by atoms with E-state index in [0.717, 1.165) is 29.8 Å². The Balaban J connectivity index is 1.92. The van der Waals surface area contributed by atoms with Crippen molar-refractivity contribution in [3.63, 3.8) is 0 Å². The van der Waals surface area contributed by atoms with Gasteiger partial charge in [-0.25, -0.2) is 4.98 Å². The zero-order valence-electron chi connectivity index (χ0n) is 13.1. The van der Waals surface area contributed by atoms with Gasteiger partial charge >= 0.3 is 0 Å². The summed E-state index contributed by atoms with van der Waals surface area (Å²) in [6.45, 7) is 3.37. The highest BCUT2D eigenvalue weighted by molar-refractivity contribution is 5.70. The van der Waals surface area contributed by atoms with Gasteiger partial charge in [0.1, 0.15) is 0 Å². The van der Waals surface area contributed by atoms with Crippen molar-refractivity contribution in [2.24, 2.45) is 0 Å². The minimum Gasteiger partial charge on any atom is -0.503 e. The van der Waals surface area contributed by atoms with E-state index in [1.807, 2.05) is 29.8 Å². The molecule has 0 spiro atoms. The molecule has 3 heterocycles. The van der Waals surface area contributed by atoms with Crippen LogP contribution in [0.25, 0.3) is 11.3 Å². The van der Waals surface area contributed by atoms with Gasteiger partial charge in [0.25, 0.3) is 0 Å². The van der Waals surface area contributed by atoms with E-state index in [1.54, 1.807) is 29.5 Å². The van der Waals surface area contributed by atoms with Crippen molar-refractivity contribution in [1.82, 2.24) is 19.1 Å². The maximum atomic E-state index is 10.3. The van der Waals surface area contributed by atoms with E-state index in [-0.39, 0.29) is 11.6 Å². The molecule has 3 aromatic heterocycles. The summed E-state index contributed by atoms with van der Waals surface area (Å²) in [5, 5.41) is 20.6. The third-order valence-electron chi connectivity index (χ3n) is 3.97. The molecule has 3 rings (SSSR count). The minimum absolute atomic E-state index is 0.0260. The number of hydrogen-bond donors (Lipinski definition) is 2. The van der Waals surface area contributed by atoms with Gasteiger partial charge in [-0.15, -0.1) is 0 Å². The lowest BCUT2D eigenvalue weighted by molar-refractivity contribution is 0.367. The van der Waals surface area contributed by atoms with Gasteiger partial charge in [-0.3, -0.25) is 4.98 Å². The molecule has 120 valence electrons. The quantitative estimate of drug-likeness (QED) is 0.734. The molecular formula is C17H20N4O2. The molecule has 23 heavy (non-hydrogen) atoms. The van der Waals surface area contributed by atoms with Crippen LogP contribution in [-0.2, 0) is 19.5 Å². The minimum atomic E-state index is -0.0701. The van der Waals surface area contributed by atoms with Gasteiger partial charge in [0.15, 0.2) is 5.75 Å². The second-order valence-electron chi connectivity index (χ2n) is 5.39. The molecule has 0 aromatic carbocycles. The molecule has 0 atom stereocenters. The Morgan fingerprint density at radius 1 is 1.04 bits per heavy atom. The second-order valence-corrected chi connectivity index (χ2v) is 5.39. The summed E-state index contributed by atoms with van der Waals surface area (Å²) >= 11 is 0. The number of imidazole rings is 1. The third-order valence-corrected chi connectivity index (χ3v) is 3.97. The van der Waals surface area contributed by atoms with Crippen LogP contribution in [0.15, 0.2) is 43.2 Å². The van der Waals surface area contributed by atoms with Crippen LogP contribution in [-0.4, -0.2) is 29.3 Å². The number of hydrogen-bond acceptors (Lipinski definition) is 4. The number of aromatic nitrogens is 4. The van der Waals surface area contributed by atoms with Crippen LogP contribution >= 0.6 is 0 Å². The summed E-state index contributed by atoms with van der Waals surface area (Å²) in [5.74, 6) is -0.0961. The van der Waals surface area contributed by atoms with Crippen molar-refractivity contribution in [1.29, 1.82) is 0 Å². The molecule has 0 aliphatic heterocycles. The Bertz CT molecular complexity index is 764. The highest BCUT2D eigenvalue weighted by Gasteiger charge is 2.21. The molecule has 0 amide bonds. The van der Waals surface area contributed by atoms with E-state index in [2.05, 4.69) is 9.97 Å². The number of aromatic hydroxyl groups is 2. The van der Waals surface area contributed by atoms with Gasteiger partial charge in [0, 0.05) is 49.0 Å². The van der Waals surface area contributed by atoms with Crippen LogP contribution in [0.5, 0.6) is 11.6 Å². The Labute approximate surface area is 134 Å². The largest absolute Gasteiger partial charge is 0.503 e. The summed E-state index contributed by atoms with van der Waals surface area (Å²) in [6.07, 6.45) is 10.3. The average molecular weight is 312 g/mol. The molecular weight excluding hydrogens is 292 g/mol. The van der Waals surface area contributed by atoms with Crippen molar-refractivity contribution in [2.45, 2.75) is 32.9 Å². The number of pyridine rings is 1. The van der Waals surface area contributed by atoms with Gasteiger partial charge in [-0.2, -0.15) is 0 Å². The average Bonchev–Trinajstić information content (AvgIpc) is 3.17. The lowest BCUT2D eigenvalue weighted by Gasteiger charge is -2.12. The number of nitrogens with zero attached hydrogens (tertiary/aromatic N) is 4. The summed E-state index contributed by atoms with van der Waals surface area (Å²) in [6, 6.07) is 3.78. The van der Waals surface area contributed by atoms with E-state index < -0.39 is 0 Å². The Kier molecular flexibility index (Phi) is 4.32. The highest BCUT2D eigenvalue weighted by Crippen LogP contribution is 2.41. The molecule has 0 saturated heterocycles. The van der Waals surface area contributed by atoms with Crippen molar-refractivity contribution in [3.8, 4) is 22.9 Å². The molecule has 0 aliphatic carbocycles. The molecule has 3 aromatic rings. The molecule has 0 aliphatic rings. The molecule has 0 fully saturated rings. The fourth-order valence-corrected chi connectivity index (χ4v) is 2.87. The Morgan fingerprint density at radius 3 is 2.48 bits per heavy atom. The first kappa shape index (κ1) is 15.1. The molecule has 0 radical (unpaired) electrons. The van der Waals surface area contributed by atoms with Crippen molar-refractivity contribution in [2.75, 3.05) is 0 Å². The fraction of sp³-hybridized carbons (Fsp3) is 0.294. The molecule has 0 saturated carbocycles. The first-order valence-electron chi connectivity index (χ1n) is 7.71. The van der Waals surface area contributed by atoms with Crippen LogP contribution in [0.3, 0.4) is 0 Å². The van der Waals surface area contributed by atoms with Gasteiger partial charge < -0.3 is 19.3 Å². The molecule has 2 N–H and O–H groups in total. The van der Waals surface area contributed by atoms with Crippen molar-refractivity contribution >= 4 is 0 Å². The zero-order valence-corrected chi connectivity index (χ0v) is 13.1. The zero-order chi connectivity index (χ0) is 16.2. The van der Waals surface area contributed by atoms with E-state index in [4.69, 9.17) is 0 Å². The third kappa shape index (κ3) is 2.92. The van der Waals surface area contributed by atoms with E-state index in [0.29, 0.717) is 13.0 Å². The summed E-state index contributed by atoms with van der Waals surface area (Å²) in [7, 11) is 0. The normalized spacial score (nSPS) is 11.0. The lowest BCUT2D eigenvalue weighted by Crippen LogP contribution is -2.04. The Morgan fingerprint density at radius 2 is 1.83 bits per heavy atom. The van der Waals surface area contributed by atoms with E-state index in [1.165, 1.54) is 0 Å². The molecule has 6 heteroatoms. The van der Waals surface area contributed by atoms with E-state index in [9.17, 15) is 10.2 Å². The highest BCUT2D eigenvalue weighted by atomic mass is 16.3. The topological polar surface area (TPSA) is 76.1 Å².